The summed E-state index contributed by atoms with van der Waals surface area (Å²) in [6.45, 7) is -0.0971. The average Bonchev–Trinajstić information content (AvgIpc) is 2.99. The van der Waals surface area contributed by atoms with E-state index in [1.54, 1.807) is 0 Å². The van der Waals surface area contributed by atoms with Gasteiger partial charge in [0.1, 0.15) is 0 Å². The SMILES string of the molecule is COCC(NC(=O)c1cc(N2CCCC2=O)cc(C(F)(F)F)c1)C(=O)O. The van der Waals surface area contributed by atoms with Gasteiger partial charge in [0.2, 0.25) is 5.91 Å². The average molecular weight is 374 g/mol. The summed E-state index contributed by atoms with van der Waals surface area (Å²) >= 11 is 0. The lowest BCUT2D eigenvalue weighted by atomic mass is 10.1. The molecule has 0 aromatic heterocycles. The number of hydrogen-bond acceptors (Lipinski definition) is 4. The van der Waals surface area contributed by atoms with Gasteiger partial charge in [0, 0.05) is 31.3 Å². The lowest BCUT2D eigenvalue weighted by molar-refractivity contribution is -0.140. The number of carboxylic acids is 1. The Morgan fingerprint density at radius 1 is 1.35 bits per heavy atom. The number of nitrogens with zero attached hydrogens (tertiary/aromatic N) is 1. The van der Waals surface area contributed by atoms with E-state index in [0.29, 0.717) is 12.5 Å². The number of halogens is 3. The number of carbonyl (C=O) groups is 3. The molecule has 142 valence electrons. The number of carbonyl (C=O) groups excluding carboxylic acids is 2. The van der Waals surface area contributed by atoms with E-state index in [-0.39, 0.29) is 31.2 Å². The molecular formula is C16H17F3N2O5. The zero-order valence-corrected chi connectivity index (χ0v) is 13.8. The fourth-order valence-electron chi connectivity index (χ4n) is 2.57. The van der Waals surface area contributed by atoms with E-state index in [1.165, 1.54) is 12.0 Å². The van der Waals surface area contributed by atoms with Gasteiger partial charge < -0.3 is 20.1 Å². The Morgan fingerprint density at radius 3 is 2.54 bits per heavy atom. The normalized spacial score (nSPS) is 15.8. The van der Waals surface area contributed by atoms with Gasteiger partial charge in [-0.05, 0) is 24.6 Å². The van der Waals surface area contributed by atoms with Gasteiger partial charge in [-0.1, -0.05) is 0 Å². The van der Waals surface area contributed by atoms with Crippen molar-refractivity contribution in [2.75, 3.05) is 25.2 Å². The lowest BCUT2D eigenvalue weighted by Crippen LogP contribution is -2.43. The number of nitrogens with one attached hydrogen (secondary N) is 1. The molecule has 1 aliphatic heterocycles. The smallest absolute Gasteiger partial charge is 0.416 e. The topological polar surface area (TPSA) is 95.9 Å². The lowest BCUT2D eigenvalue weighted by Gasteiger charge is -2.20. The molecule has 1 aromatic rings. The zero-order chi connectivity index (χ0) is 19.5. The second-order valence-corrected chi connectivity index (χ2v) is 5.73. The second kappa shape index (κ2) is 7.73. The number of anilines is 1. The van der Waals surface area contributed by atoms with Gasteiger partial charge in [-0.25, -0.2) is 4.79 Å². The molecule has 2 rings (SSSR count). The van der Waals surface area contributed by atoms with Crippen LogP contribution in [0.1, 0.15) is 28.8 Å². The Bertz CT molecular complexity index is 720. The van der Waals surface area contributed by atoms with E-state index in [9.17, 15) is 27.6 Å². The van der Waals surface area contributed by atoms with Crippen molar-refractivity contribution in [3.8, 4) is 0 Å². The maximum absolute atomic E-state index is 13.2. The molecule has 1 atom stereocenters. The first-order valence-electron chi connectivity index (χ1n) is 7.68. The van der Waals surface area contributed by atoms with Gasteiger partial charge >= 0.3 is 12.1 Å². The molecule has 7 nitrogen and oxygen atoms in total. The van der Waals surface area contributed by atoms with Gasteiger partial charge in [-0.2, -0.15) is 13.2 Å². The summed E-state index contributed by atoms with van der Waals surface area (Å²) in [7, 11) is 1.23. The van der Waals surface area contributed by atoms with Crippen LogP contribution in [0.3, 0.4) is 0 Å². The predicted octanol–water partition coefficient (Wildman–Crippen LogP) is 1.66. The second-order valence-electron chi connectivity index (χ2n) is 5.73. The Kier molecular flexibility index (Phi) is 5.86. The molecule has 1 aliphatic rings. The molecular weight excluding hydrogens is 357 g/mol. The van der Waals surface area contributed by atoms with Gasteiger partial charge in [0.25, 0.3) is 5.91 Å². The standard InChI is InChI=1S/C16H17F3N2O5/c1-26-8-12(15(24)25)20-14(23)9-5-10(16(17,18)19)7-11(6-9)21-4-2-3-13(21)22/h5-7,12H,2-4,8H2,1H3,(H,20,23)(H,24,25). The Balaban J connectivity index is 2.38. The Labute approximate surface area is 146 Å². The van der Waals surface area contributed by atoms with Crippen molar-refractivity contribution in [3.05, 3.63) is 29.3 Å². The summed E-state index contributed by atoms with van der Waals surface area (Å²) in [4.78, 5) is 36.3. The molecule has 0 radical (unpaired) electrons. The molecule has 0 bridgehead atoms. The minimum absolute atomic E-state index is 0.0499. The molecule has 1 unspecified atom stereocenters. The summed E-state index contributed by atoms with van der Waals surface area (Å²) in [5.74, 6) is -2.73. The molecule has 0 spiro atoms. The van der Waals surface area contributed by atoms with Crippen LogP contribution in [0.5, 0.6) is 0 Å². The third-order valence-electron chi connectivity index (χ3n) is 3.83. The highest BCUT2D eigenvalue weighted by molar-refractivity contribution is 6.00. The van der Waals surface area contributed by atoms with Crippen molar-refractivity contribution < 1.29 is 37.4 Å². The number of ether oxygens (including phenoxy) is 1. The molecule has 26 heavy (non-hydrogen) atoms. The van der Waals surface area contributed by atoms with E-state index in [2.05, 4.69) is 10.1 Å². The van der Waals surface area contributed by atoms with Gasteiger partial charge in [0.05, 0.1) is 12.2 Å². The molecule has 1 saturated heterocycles. The highest BCUT2D eigenvalue weighted by Crippen LogP contribution is 2.34. The highest BCUT2D eigenvalue weighted by Gasteiger charge is 2.34. The van der Waals surface area contributed by atoms with Crippen molar-refractivity contribution in [3.63, 3.8) is 0 Å². The third kappa shape index (κ3) is 4.51. The van der Waals surface area contributed by atoms with Crippen LogP contribution in [0, 0.1) is 0 Å². The van der Waals surface area contributed by atoms with Crippen LogP contribution in [0.15, 0.2) is 18.2 Å². The van der Waals surface area contributed by atoms with E-state index in [1.807, 2.05) is 0 Å². The Morgan fingerprint density at radius 2 is 2.04 bits per heavy atom. The first-order valence-corrected chi connectivity index (χ1v) is 7.68. The monoisotopic (exact) mass is 374 g/mol. The zero-order valence-electron chi connectivity index (χ0n) is 13.8. The van der Waals surface area contributed by atoms with Crippen molar-refractivity contribution >= 4 is 23.5 Å². The first-order chi connectivity index (χ1) is 12.1. The summed E-state index contributed by atoms with van der Waals surface area (Å²) in [5, 5.41) is 11.1. The molecule has 1 heterocycles. The first kappa shape index (κ1) is 19.7. The van der Waals surface area contributed by atoms with Gasteiger partial charge in [-0.15, -0.1) is 0 Å². The highest BCUT2D eigenvalue weighted by atomic mass is 19.4. The number of methoxy groups -OCH3 is 1. The Hall–Kier alpha value is -2.62. The molecule has 0 saturated carbocycles. The van der Waals surface area contributed by atoms with E-state index >= 15 is 0 Å². The fourth-order valence-corrected chi connectivity index (χ4v) is 2.57. The minimum atomic E-state index is -4.73. The number of carboxylic acid groups (broad SMARTS) is 1. The summed E-state index contributed by atoms with van der Waals surface area (Å²) in [5.41, 5.74) is -1.54. The third-order valence-corrected chi connectivity index (χ3v) is 3.83. The van der Waals surface area contributed by atoms with Gasteiger partial charge in [0.15, 0.2) is 6.04 Å². The largest absolute Gasteiger partial charge is 0.480 e. The van der Waals surface area contributed by atoms with Crippen LogP contribution in [-0.2, 0) is 20.5 Å². The molecule has 0 aliphatic carbocycles. The van der Waals surface area contributed by atoms with Crippen molar-refractivity contribution in [2.24, 2.45) is 0 Å². The van der Waals surface area contributed by atoms with E-state index < -0.39 is 35.2 Å². The van der Waals surface area contributed by atoms with Crippen LogP contribution in [0.4, 0.5) is 18.9 Å². The summed E-state index contributed by atoms with van der Waals surface area (Å²) in [6, 6.07) is 1.13. The maximum atomic E-state index is 13.2. The number of hydrogen-bond donors (Lipinski definition) is 2. The molecule has 2 N–H and O–H groups in total. The summed E-state index contributed by atoms with van der Waals surface area (Å²) in [6.07, 6.45) is -4.01. The van der Waals surface area contributed by atoms with Crippen LogP contribution in [-0.4, -0.2) is 49.2 Å². The van der Waals surface area contributed by atoms with Crippen LogP contribution in [0.25, 0.3) is 0 Å². The maximum Gasteiger partial charge on any atom is 0.416 e. The number of benzene rings is 1. The summed E-state index contributed by atoms with van der Waals surface area (Å²) < 4.78 is 44.1. The number of rotatable bonds is 6. The quantitative estimate of drug-likeness (QED) is 0.790. The van der Waals surface area contributed by atoms with Crippen LogP contribution < -0.4 is 10.2 Å². The minimum Gasteiger partial charge on any atom is -0.480 e. The van der Waals surface area contributed by atoms with E-state index in [0.717, 1.165) is 12.1 Å². The number of amides is 2. The van der Waals surface area contributed by atoms with Crippen molar-refractivity contribution in [1.82, 2.24) is 5.32 Å². The van der Waals surface area contributed by atoms with Crippen LogP contribution >= 0.6 is 0 Å². The van der Waals surface area contributed by atoms with Crippen molar-refractivity contribution in [2.45, 2.75) is 25.1 Å². The molecule has 2 amide bonds. The van der Waals surface area contributed by atoms with Crippen molar-refractivity contribution in [1.29, 1.82) is 0 Å². The molecule has 1 aromatic carbocycles. The predicted molar refractivity (Wildman–Crippen MR) is 83.8 cm³/mol. The van der Waals surface area contributed by atoms with Gasteiger partial charge in [-0.3, -0.25) is 9.59 Å². The molecule has 10 heteroatoms. The van der Waals surface area contributed by atoms with Crippen LogP contribution in [0.2, 0.25) is 0 Å². The number of alkyl halides is 3. The number of aliphatic carboxylic acids is 1. The molecule has 1 fully saturated rings. The fraction of sp³-hybridized carbons (Fsp3) is 0.438. The van der Waals surface area contributed by atoms with E-state index in [4.69, 9.17) is 5.11 Å².